The lowest BCUT2D eigenvalue weighted by atomic mass is 9.85. The molecule has 2 aromatic carbocycles. The van der Waals surface area contributed by atoms with Crippen LogP contribution < -0.4 is 10.1 Å². The molecule has 2 N–H and O–H groups in total. The number of aliphatic carboxylic acids is 1. The largest absolute Gasteiger partial charge is 0.490 e. The van der Waals surface area contributed by atoms with Crippen LogP contribution in [-0.4, -0.2) is 36.8 Å². The molecule has 2 aromatic rings. The van der Waals surface area contributed by atoms with Crippen molar-refractivity contribution < 1.29 is 24.2 Å². The highest BCUT2D eigenvalue weighted by molar-refractivity contribution is 6.06. The number of anilines is 1. The molecule has 144 valence electrons. The summed E-state index contributed by atoms with van der Waals surface area (Å²) in [6.07, 6.45) is 0. The van der Waals surface area contributed by atoms with Crippen molar-refractivity contribution in [1.29, 1.82) is 0 Å². The number of ether oxygens (including phenoxy) is 2. The van der Waals surface area contributed by atoms with Crippen LogP contribution in [-0.2, 0) is 14.9 Å². The zero-order valence-corrected chi connectivity index (χ0v) is 15.8. The maximum absolute atomic E-state index is 12.6. The van der Waals surface area contributed by atoms with Gasteiger partial charge in [-0.05, 0) is 50.6 Å². The van der Waals surface area contributed by atoms with E-state index in [2.05, 4.69) is 5.32 Å². The minimum absolute atomic E-state index is 0.299. The lowest BCUT2D eigenvalue weighted by molar-refractivity contribution is -0.142. The fourth-order valence-corrected chi connectivity index (χ4v) is 2.43. The number of rotatable bonds is 9. The molecule has 0 fully saturated rings. The summed E-state index contributed by atoms with van der Waals surface area (Å²) in [6.45, 7) is 6.60. The molecule has 27 heavy (non-hydrogen) atoms. The van der Waals surface area contributed by atoms with Gasteiger partial charge in [0.1, 0.15) is 12.4 Å². The van der Waals surface area contributed by atoms with Crippen LogP contribution in [0.1, 0.15) is 36.7 Å². The fourth-order valence-electron chi connectivity index (χ4n) is 2.43. The quantitative estimate of drug-likeness (QED) is 0.656. The average Bonchev–Trinajstić information content (AvgIpc) is 2.66. The predicted molar refractivity (Wildman–Crippen MR) is 103 cm³/mol. The SMILES string of the molecule is CCOCCOc1ccccc1C(=O)Nc1ccc(C(C)(C)C(=O)O)cc1. The first kappa shape index (κ1) is 20.5. The summed E-state index contributed by atoms with van der Waals surface area (Å²) in [4.78, 5) is 23.9. The number of hydrogen-bond acceptors (Lipinski definition) is 4. The summed E-state index contributed by atoms with van der Waals surface area (Å²) >= 11 is 0. The van der Waals surface area contributed by atoms with Gasteiger partial charge in [0, 0.05) is 12.3 Å². The van der Waals surface area contributed by atoms with Crippen molar-refractivity contribution in [1.82, 2.24) is 0 Å². The Morgan fingerprint density at radius 2 is 1.70 bits per heavy atom. The van der Waals surface area contributed by atoms with E-state index in [9.17, 15) is 14.7 Å². The Morgan fingerprint density at radius 1 is 1.04 bits per heavy atom. The predicted octanol–water partition coefficient (Wildman–Crippen LogP) is 3.72. The standard InChI is InChI=1S/C21H25NO5/c1-4-26-13-14-27-18-8-6-5-7-17(18)19(23)22-16-11-9-15(10-12-16)21(2,3)20(24)25/h5-12H,4,13-14H2,1-3H3,(H,22,23)(H,24,25). The smallest absolute Gasteiger partial charge is 0.313 e. The second-order valence-electron chi connectivity index (χ2n) is 6.50. The number of nitrogens with one attached hydrogen (secondary N) is 1. The Bertz CT molecular complexity index is 783. The molecule has 0 unspecified atom stereocenters. The molecule has 6 heteroatoms. The molecule has 0 aliphatic carbocycles. The van der Waals surface area contributed by atoms with Gasteiger partial charge in [0.2, 0.25) is 0 Å². The van der Waals surface area contributed by atoms with E-state index >= 15 is 0 Å². The first-order valence-electron chi connectivity index (χ1n) is 8.81. The molecular formula is C21H25NO5. The van der Waals surface area contributed by atoms with Crippen molar-refractivity contribution in [2.24, 2.45) is 0 Å². The number of para-hydroxylation sites is 1. The van der Waals surface area contributed by atoms with Gasteiger partial charge < -0.3 is 19.9 Å². The molecule has 0 atom stereocenters. The van der Waals surface area contributed by atoms with Crippen LogP contribution in [0.4, 0.5) is 5.69 Å². The number of benzene rings is 2. The van der Waals surface area contributed by atoms with E-state index in [0.29, 0.717) is 42.4 Å². The summed E-state index contributed by atoms with van der Waals surface area (Å²) in [5.41, 5.74) is 0.662. The van der Waals surface area contributed by atoms with E-state index in [1.807, 2.05) is 6.92 Å². The summed E-state index contributed by atoms with van der Waals surface area (Å²) in [6, 6.07) is 13.8. The molecule has 0 aliphatic heterocycles. The topological polar surface area (TPSA) is 84.9 Å². The Kier molecular flexibility index (Phi) is 6.96. The monoisotopic (exact) mass is 371 g/mol. The van der Waals surface area contributed by atoms with Gasteiger partial charge >= 0.3 is 5.97 Å². The number of carbonyl (C=O) groups is 2. The summed E-state index contributed by atoms with van der Waals surface area (Å²) < 4.78 is 10.9. The zero-order valence-electron chi connectivity index (χ0n) is 15.8. The van der Waals surface area contributed by atoms with Crippen molar-refractivity contribution in [3.05, 3.63) is 59.7 Å². The van der Waals surface area contributed by atoms with Crippen LogP contribution in [0.2, 0.25) is 0 Å². The summed E-state index contributed by atoms with van der Waals surface area (Å²) in [7, 11) is 0. The Hall–Kier alpha value is -2.86. The lowest BCUT2D eigenvalue weighted by Gasteiger charge is -2.20. The van der Waals surface area contributed by atoms with Crippen molar-refractivity contribution in [2.45, 2.75) is 26.2 Å². The van der Waals surface area contributed by atoms with Crippen molar-refractivity contribution in [2.75, 3.05) is 25.1 Å². The number of carbonyl (C=O) groups excluding carboxylic acids is 1. The molecular weight excluding hydrogens is 346 g/mol. The molecule has 0 aliphatic rings. The zero-order chi connectivity index (χ0) is 19.9. The number of carboxylic acids is 1. The van der Waals surface area contributed by atoms with Crippen LogP contribution in [0.25, 0.3) is 0 Å². The first-order chi connectivity index (χ1) is 12.9. The number of hydrogen-bond donors (Lipinski definition) is 2. The Labute approximate surface area is 159 Å². The van der Waals surface area contributed by atoms with E-state index in [-0.39, 0.29) is 5.91 Å². The van der Waals surface area contributed by atoms with Gasteiger partial charge in [-0.1, -0.05) is 24.3 Å². The molecule has 2 rings (SSSR count). The maximum atomic E-state index is 12.6. The van der Waals surface area contributed by atoms with Crippen LogP contribution in [0, 0.1) is 0 Å². The molecule has 0 saturated carbocycles. The highest BCUT2D eigenvalue weighted by Gasteiger charge is 2.29. The van der Waals surface area contributed by atoms with Gasteiger partial charge in [-0.15, -0.1) is 0 Å². The highest BCUT2D eigenvalue weighted by atomic mass is 16.5. The molecule has 0 radical (unpaired) electrons. The third-order valence-corrected chi connectivity index (χ3v) is 4.22. The van der Waals surface area contributed by atoms with E-state index < -0.39 is 11.4 Å². The normalized spacial score (nSPS) is 11.1. The average molecular weight is 371 g/mol. The molecule has 0 bridgehead atoms. The summed E-state index contributed by atoms with van der Waals surface area (Å²) in [5, 5.41) is 12.1. The molecule has 0 spiro atoms. The van der Waals surface area contributed by atoms with E-state index in [1.54, 1.807) is 62.4 Å². The van der Waals surface area contributed by atoms with Crippen LogP contribution in [0.15, 0.2) is 48.5 Å². The third kappa shape index (κ3) is 5.31. The number of carboxylic acid groups (broad SMARTS) is 1. The molecule has 0 heterocycles. The van der Waals surface area contributed by atoms with Crippen molar-refractivity contribution in [3.63, 3.8) is 0 Å². The van der Waals surface area contributed by atoms with Crippen molar-refractivity contribution >= 4 is 17.6 Å². The molecule has 6 nitrogen and oxygen atoms in total. The lowest BCUT2D eigenvalue weighted by Crippen LogP contribution is -2.28. The van der Waals surface area contributed by atoms with Gasteiger partial charge in [-0.3, -0.25) is 9.59 Å². The van der Waals surface area contributed by atoms with Crippen molar-refractivity contribution in [3.8, 4) is 5.75 Å². The molecule has 1 amide bonds. The highest BCUT2D eigenvalue weighted by Crippen LogP contribution is 2.25. The van der Waals surface area contributed by atoms with Crippen LogP contribution in [0.5, 0.6) is 5.75 Å². The molecule has 0 aromatic heterocycles. The van der Waals surface area contributed by atoms with Crippen LogP contribution in [0.3, 0.4) is 0 Å². The number of amides is 1. The van der Waals surface area contributed by atoms with Gasteiger partial charge in [-0.2, -0.15) is 0 Å². The van der Waals surface area contributed by atoms with Crippen LogP contribution >= 0.6 is 0 Å². The van der Waals surface area contributed by atoms with Gasteiger partial charge in [0.25, 0.3) is 5.91 Å². The third-order valence-electron chi connectivity index (χ3n) is 4.22. The Balaban J connectivity index is 2.08. The Morgan fingerprint density at radius 3 is 2.33 bits per heavy atom. The van der Waals surface area contributed by atoms with Gasteiger partial charge in [0.05, 0.1) is 17.6 Å². The van der Waals surface area contributed by atoms with E-state index in [1.165, 1.54) is 0 Å². The fraction of sp³-hybridized carbons (Fsp3) is 0.333. The minimum Gasteiger partial charge on any atom is -0.490 e. The van der Waals surface area contributed by atoms with E-state index in [0.717, 1.165) is 0 Å². The van der Waals surface area contributed by atoms with Gasteiger partial charge in [-0.25, -0.2) is 0 Å². The van der Waals surface area contributed by atoms with Gasteiger partial charge in [0.15, 0.2) is 0 Å². The minimum atomic E-state index is -0.996. The molecule has 0 saturated heterocycles. The second-order valence-corrected chi connectivity index (χ2v) is 6.50. The summed E-state index contributed by atoms with van der Waals surface area (Å²) in [5.74, 6) is -0.719. The second kappa shape index (κ2) is 9.19. The van der Waals surface area contributed by atoms with E-state index in [4.69, 9.17) is 9.47 Å². The first-order valence-corrected chi connectivity index (χ1v) is 8.81. The maximum Gasteiger partial charge on any atom is 0.313 e.